The third-order valence-electron chi connectivity index (χ3n) is 4.25. The van der Waals surface area contributed by atoms with Crippen molar-refractivity contribution in [1.82, 2.24) is 20.1 Å². The molecule has 2 amide bonds. The average molecular weight is 371 g/mol. The van der Waals surface area contributed by atoms with Crippen LogP contribution in [0.25, 0.3) is 11.4 Å². The molecule has 1 aliphatic heterocycles. The third kappa shape index (κ3) is 4.30. The predicted molar refractivity (Wildman–Crippen MR) is 96.9 cm³/mol. The molecule has 0 aliphatic carbocycles. The Morgan fingerprint density at radius 2 is 2.22 bits per heavy atom. The highest BCUT2D eigenvalue weighted by molar-refractivity contribution is 6.01. The van der Waals surface area contributed by atoms with Gasteiger partial charge in [0.1, 0.15) is 11.7 Å². The summed E-state index contributed by atoms with van der Waals surface area (Å²) in [4.78, 5) is 42.2. The zero-order valence-corrected chi connectivity index (χ0v) is 15.2. The van der Waals surface area contributed by atoms with Gasteiger partial charge in [0.25, 0.3) is 0 Å². The Morgan fingerprint density at radius 3 is 2.93 bits per heavy atom. The van der Waals surface area contributed by atoms with E-state index in [0.717, 1.165) is 5.56 Å². The van der Waals surface area contributed by atoms with Gasteiger partial charge in [-0.15, -0.1) is 0 Å². The number of benzene rings is 1. The molecule has 9 heteroatoms. The quantitative estimate of drug-likeness (QED) is 0.625. The van der Waals surface area contributed by atoms with Gasteiger partial charge in [-0.3, -0.25) is 14.7 Å². The number of nitrogens with one attached hydrogen (secondary N) is 2. The van der Waals surface area contributed by atoms with Gasteiger partial charge in [-0.25, -0.2) is 9.78 Å². The van der Waals surface area contributed by atoms with Crippen LogP contribution in [0.4, 0.5) is 10.5 Å². The number of aromatic amines is 1. The molecule has 1 fully saturated rings. The maximum absolute atomic E-state index is 12.6. The molecule has 1 atom stereocenters. The zero-order valence-electron chi connectivity index (χ0n) is 15.2. The number of carbonyl (C=O) groups excluding carboxylic acids is 3. The number of urea groups is 1. The highest BCUT2D eigenvalue weighted by Crippen LogP contribution is 2.21. The number of hydrogen-bond acceptors (Lipinski definition) is 6. The van der Waals surface area contributed by atoms with E-state index in [9.17, 15) is 14.4 Å². The number of H-pyrrole nitrogens is 1. The summed E-state index contributed by atoms with van der Waals surface area (Å²) in [5.41, 5.74) is 1.33. The SMILES string of the molecule is CCOC(=O)[C@H]1CN(C(=O)Nc2cccc(-c3n[nH]c(C)n3)c2)CCC1=O. The Morgan fingerprint density at radius 1 is 1.41 bits per heavy atom. The van der Waals surface area contributed by atoms with Gasteiger partial charge < -0.3 is 15.0 Å². The molecule has 0 saturated carbocycles. The van der Waals surface area contributed by atoms with E-state index < -0.39 is 11.9 Å². The number of likely N-dealkylation sites (tertiary alicyclic amines) is 1. The van der Waals surface area contributed by atoms with E-state index in [-0.39, 0.29) is 37.9 Å². The molecule has 0 spiro atoms. The Balaban J connectivity index is 1.68. The topological polar surface area (TPSA) is 117 Å². The summed E-state index contributed by atoms with van der Waals surface area (Å²) in [6.07, 6.45) is 0.132. The van der Waals surface area contributed by atoms with Crippen molar-refractivity contribution in [2.45, 2.75) is 20.3 Å². The van der Waals surface area contributed by atoms with Crippen LogP contribution >= 0.6 is 0 Å². The van der Waals surface area contributed by atoms with Gasteiger partial charge >= 0.3 is 12.0 Å². The summed E-state index contributed by atoms with van der Waals surface area (Å²) in [5, 5.41) is 9.67. The number of nitrogens with zero attached hydrogens (tertiary/aromatic N) is 3. The molecule has 2 heterocycles. The summed E-state index contributed by atoms with van der Waals surface area (Å²) in [5.74, 6) is -0.467. The monoisotopic (exact) mass is 371 g/mol. The normalized spacial score (nSPS) is 16.9. The highest BCUT2D eigenvalue weighted by atomic mass is 16.5. The fourth-order valence-corrected chi connectivity index (χ4v) is 2.88. The first kappa shape index (κ1) is 18.6. The molecular formula is C18H21N5O4. The van der Waals surface area contributed by atoms with Crippen LogP contribution in [0.3, 0.4) is 0 Å². The maximum atomic E-state index is 12.6. The Kier molecular flexibility index (Phi) is 5.49. The Bertz CT molecular complexity index is 863. The molecule has 0 radical (unpaired) electrons. The van der Waals surface area contributed by atoms with E-state index in [1.54, 1.807) is 32.0 Å². The third-order valence-corrected chi connectivity index (χ3v) is 4.25. The molecule has 27 heavy (non-hydrogen) atoms. The van der Waals surface area contributed by atoms with Gasteiger partial charge in [-0.05, 0) is 26.0 Å². The molecular weight excluding hydrogens is 350 g/mol. The summed E-state index contributed by atoms with van der Waals surface area (Å²) in [6.45, 7) is 3.96. The van der Waals surface area contributed by atoms with Gasteiger partial charge in [0.15, 0.2) is 11.6 Å². The Hall–Kier alpha value is -3.23. The fraction of sp³-hybridized carbons (Fsp3) is 0.389. The fourth-order valence-electron chi connectivity index (χ4n) is 2.88. The van der Waals surface area contributed by atoms with Crippen LogP contribution in [0.2, 0.25) is 0 Å². The second-order valence-corrected chi connectivity index (χ2v) is 6.22. The van der Waals surface area contributed by atoms with Crippen LogP contribution in [0, 0.1) is 12.8 Å². The average Bonchev–Trinajstić information content (AvgIpc) is 3.09. The van der Waals surface area contributed by atoms with Crippen LogP contribution in [-0.2, 0) is 14.3 Å². The van der Waals surface area contributed by atoms with Gasteiger partial charge in [0.2, 0.25) is 0 Å². The second kappa shape index (κ2) is 7.98. The molecule has 2 aromatic rings. The van der Waals surface area contributed by atoms with Crippen LogP contribution in [0.5, 0.6) is 0 Å². The molecule has 9 nitrogen and oxygen atoms in total. The van der Waals surface area contributed by atoms with Crippen molar-refractivity contribution in [1.29, 1.82) is 0 Å². The van der Waals surface area contributed by atoms with E-state index in [0.29, 0.717) is 17.3 Å². The molecule has 2 N–H and O–H groups in total. The van der Waals surface area contributed by atoms with E-state index in [1.807, 2.05) is 6.07 Å². The van der Waals surface area contributed by atoms with Crippen LogP contribution < -0.4 is 5.32 Å². The van der Waals surface area contributed by atoms with Crippen molar-refractivity contribution in [2.24, 2.45) is 5.92 Å². The molecule has 1 saturated heterocycles. The minimum absolute atomic E-state index is 0.0172. The lowest BCUT2D eigenvalue weighted by Gasteiger charge is -2.30. The number of Topliss-reactive ketones (excluding diaryl/α,β-unsaturated/α-hetero) is 1. The number of carbonyl (C=O) groups is 3. The number of ether oxygens (including phenoxy) is 1. The van der Waals surface area contributed by atoms with E-state index in [4.69, 9.17) is 4.74 Å². The van der Waals surface area contributed by atoms with Crippen molar-refractivity contribution in [2.75, 3.05) is 25.0 Å². The molecule has 1 aromatic carbocycles. The van der Waals surface area contributed by atoms with Crippen molar-refractivity contribution in [3.63, 3.8) is 0 Å². The number of esters is 1. The first-order chi connectivity index (χ1) is 13.0. The minimum Gasteiger partial charge on any atom is -0.465 e. The summed E-state index contributed by atoms with van der Waals surface area (Å²) >= 11 is 0. The standard InChI is InChI=1S/C18H21N5O4/c1-3-27-17(25)14-10-23(8-7-15(14)24)18(26)20-13-6-4-5-12(9-13)16-19-11(2)21-22-16/h4-6,9,14H,3,7-8,10H2,1-2H3,(H,20,26)(H,19,21,22)/t14-/m0/s1. The molecule has 0 bridgehead atoms. The molecule has 0 unspecified atom stereocenters. The lowest BCUT2D eigenvalue weighted by atomic mass is 9.97. The summed E-state index contributed by atoms with van der Waals surface area (Å²) in [6, 6.07) is 6.77. The number of piperidine rings is 1. The van der Waals surface area contributed by atoms with Crippen molar-refractivity contribution < 1.29 is 19.1 Å². The van der Waals surface area contributed by atoms with Gasteiger partial charge in [0, 0.05) is 30.8 Å². The van der Waals surface area contributed by atoms with Crippen molar-refractivity contribution in [3.05, 3.63) is 30.1 Å². The van der Waals surface area contributed by atoms with Gasteiger partial charge in [-0.2, -0.15) is 5.10 Å². The molecule has 142 valence electrons. The smallest absolute Gasteiger partial charge is 0.321 e. The number of anilines is 1. The first-order valence-electron chi connectivity index (χ1n) is 8.72. The van der Waals surface area contributed by atoms with Gasteiger partial charge in [0.05, 0.1) is 6.61 Å². The molecule has 3 rings (SSSR count). The highest BCUT2D eigenvalue weighted by Gasteiger charge is 2.35. The number of aryl methyl sites for hydroxylation is 1. The first-order valence-corrected chi connectivity index (χ1v) is 8.72. The maximum Gasteiger partial charge on any atom is 0.321 e. The molecule has 1 aromatic heterocycles. The van der Waals surface area contributed by atoms with Crippen LogP contribution in [0.15, 0.2) is 24.3 Å². The summed E-state index contributed by atoms with van der Waals surface area (Å²) < 4.78 is 4.93. The number of ketones is 1. The number of amides is 2. The number of aromatic nitrogens is 3. The van der Waals surface area contributed by atoms with Crippen LogP contribution in [-0.4, -0.2) is 57.6 Å². The summed E-state index contributed by atoms with van der Waals surface area (Å²) in [7, 11) is 0. The molecule has 1 aliphatic rings. The largest absolute Gasteiger partial charge is 0.465 e. The lowest BCUT2D eigenvalue weighted by molar-refractivity contribution is -0.153. The predicted octanol–water partition coefficient (Wildman–Crippen LogP) is 1.77. The lowest BCUT2D eigenvalue weighted by Crippen LogP contribution is -2.48. The van der Waals surface area contributed by atoms with Crippen LogP contribution in [0.1, 0.15) is 19.2 Å². The Labute approximate surface area is 156 Å². The number of rotatable bonds is 4. The van der Waals surface area contributed by atoms with Gasteiger partial charge in [-0.1, -0.05) is 12.1 Å². The number of hydrogen-bond donors (Lipinski definition) is 2. The van der Waals surface area contributed by atoms with E-state index in [1.165, 1.54) is 4.90 Å². The van der Waals surface area contributed by atoms with Crippen molar-refractivity contribution >= 4 is 23.5 Å². The van der Waals surface area contributed by atoms with E-state index in [2.05, 4.69) is 20.5 Å². The van der Waals surface area contributed by atoms with E-state index >= 15 is 0 Å². The second-order valence-electron chi connectivity index (χ2n) is 6.22. The zero-order chi connectivity index (χ0) is 19.4. The van der Waals surface area contributed by atoms with Crippen molar-refractivity contribution in [3.8, 4) is 11.4 Å². The minimum atomic E-state index is -0.924.